The van der Waals surface area contributed by atoms with E-state index < -0.39 is 0 Å². The molecule has 0 aliphatic carbocycles. The van der Waals surface area contributed by atoms with Gasteiger partial charge in [0.15, 0.2) is 6.20 Å². The predicted octanol–water partition coefficient (Wildman–Crippen LogP) is 1.61. The molecule has 2 aromatic heterocycles. The van der Waals surface area contributed by atoms with Gasteiger partial charge >= 0.3 is 0 Å². The van der Waals surface area contributed by atoms with Crippen LogP contribution in [0.3, 0.4) is 0 Å². The Balaban J connectivity index is 2.18. The van der Waals surface area contributed by atoms with E-state index in [0.29, 0.717) is 4.73 Å². The lowest BCUT2D eigenvalue weighted by atomic mass is 10.2. The van der Waals surface area contributed by atoms with Crippen molar-refractivity contribution in [3.8, 4) is 0 Å². The van der Waals surface area contributed by atoms with Gasteiger partial charge in [0.05, 0.1) is 0 Å². The Morgan fingerprint density at radius 2 is 2.00 bits per heavy atom. The molecule has 0 aliphatic heterocycles. The summed E-state index contributed by atoms with van der Waals surface area (Å²) in [6.45, 7) is 0. The zero-order valence-electron chi connectivity index (χ0n) is 8.98. The molecule has 0 N–H and O–H groups in total. The molecule has 0 saturated carbocycles. The van der Waals surface area contributed by atoms with E-state index in [1.54, 1.807) is 42.7 Å². The van der Waals surface area contributed by atoms with Crippen LogP contribution in [0.25, 0.3) is 6.08 Å². The van der Waals surface area contributed by atoms with Gasteiger partial charge in [-0.15, -0.1) is 0 Å². The Labute approximate surface area is 98.5 Å². The average molecular weight is 226 g/mol. The standard InChI is InChI=1S/C13H10N2O2/c16-13(12-3-1-2-10-15(12)17)5-4-11-6-8-14-9-7-11/h1-10H/b5-4-. The zero-order valence-corrected chi connectivity index (χ0v) is 8.98. The molecule has 0 radical (unpaired) electrons. The average Bonchev–Trinajstić information content (AvgIpc) is 2.38. The number of ketones is 1. The number of hydrogen-bond donors (Lipinski definition) is 0. The van der Waals surface area contributed by atoms with Gasteiger partial charge in [-0.25, -0.2) is 0 Å². The van der Waals surface area contributed by atoms with Crippen molar-refractivity contribution in [2.24, 2.45) is 0 Å². The number of carbonyl (C=O) groups excluding carboxylic acids is 1. The van der Waals surface area contributed by atoms with Crippen molar-refractivity contribution in [2.75, 3.05) is 0 Å². The number of allylic oxidation sites excluding steroid dienone is 1. The van der Waals surface area contributed by atoms with Gasteiger partial charge in [0.25, 0.3) is 11.5 Å². The highest BCUT2D eigenvalue weighted by atomic mass is 16.5. The number of pyridine rings is 2. The van der Waals surface area contributed by atoms with Crippen LogP contribution in [0.1, 0.15) is 16.1 Å². The molecule has 0 amide bonds. The Bertz CT molecular complexity index is 550. The van der Waals surface area contributed by atoms with Gasteiger partial charge < -0.3 is 5.21 Å². The molecule has 0 atom stereocenters. The molecule has 4 heteroatoms. The lowest BCUT2D eigenvalue weighted by molar-refractivity contribution is -0.607. The van der Waals surface area contributed by atoms with Crippen molar-refractivity contribution in [1.29, 1.82) is 0 Å². The van der Waals surface area contributed by atoms with Crippen LogP contribution >= 0.6 is 0 Å². The summed E-state index contributed by atoms with van der Waals surface area (Å²) >= 11 is 0. The minimum atomic E-state index is -0.322. The van der Waals surface area contributed by atoms with Crippen LogP contribution in [0.4, 0.5) is 0 Å². The minimum Gasteiger partial charge on any atom is -0.618 e. The van der Waals surface area contributed by atoms with E-state index in [0.717, 1.165) is 5.56 Å². The minimum absolute atomic E-state index is 0.109. The summed E-state index contributed by atoms with van der Waals surface area (Å²) in [4.78, 5) is 15.6. The summed E-state index contributed by atoms with van der Waals surface area (Å²) in [6.07, 6.45) is 7.60. The largest absolute Gasteiger partial charge is 0.618 e. The van der Waals surface area contributed by atoms with Gasteiger partial charge in [-0.05, 0) is 29.8 Å². The van der Waals surface area contributed by atoms with E-state index in [9.17, 15) is 10.0 Å². The number of nitrogens with zero attached hydrogens (tertiary/aromatic N) is 2. The number of hydrogen-bond acceptors (Lipinski definition) is 3. The molecule has 4 nitrogen and oxygen atoms in total. The van der Waals surface area contributed by atoms with Crippen molar-refractivity contribution in [1.82, 2.24) is 4.98 Å². The summed E-state index contributed by atoms with van der Waals surface area (Å²) < 4.78 is 0.555. The first-order chi connectivity index (χ1) is 8.27. The smallest absolute Gasteiger partial charge is 0.264 e. The van der Waals surface area contributed by atoms with Crippen molar-refractivity contribution >= 4 is 11.9 Å². The molecule has 0 bridgehead atoms. The van der Waals surface area contributed by atoms with Crippen molar-refractivity contribution in [3.63, 3.8) is 0 Å². The fourth-order valence-electron chi connectivity index (χ4n) is 1.35. The van der Waals surface area contributed by atoms with E-state index in [1.807, 2.05) is 0 Å². The monoisotopic (exact) mass is 226 g/mol. The van der Waals surface area contributed by atoms with Crippen LogP contribution in [0.5, 0.6) is 0 Å². The molecule has 0 aliphatic rings. The highest BCUT2D eigenvalue weighted by molar-refractivity contribution is 6.04. The maximum absolute atomic E-state index is 11.7. The fraction of sp³-hybridized carbons (Fsp3) is 0. The summed E-state index contributed by atoms with van der Waals surface area (Å²) in [5, 5.41) is 11.3. The third kappa shape index (κ3) is 2.75. The second-order valence-electron chi connectivity index (χ2n) is 3.39. The summed E-state index contributed by atoms with van der Waals surface area (Å²) in [5.41, 5.74) is 0.972. The van der Waals surface area contributed by atoms with Crippen LogP contribution in [0.2, 0.25) is 0 Å². The highest BCUT2D eigenvalue weighted by Gasteiger charge is 2.10. The van der Waals surface area contributed by atoms with Gasteiger partial charge in [0.2, 0.25) is 0 Å². The lowest BCUT2D eigenvalue weighted by Crippen LogP contribution is -2.33. The summed E-state index contributed by atoms with van der Waals surface area (Å²) in [5.74, 6) is -0.322. The number of rotatable bonds is 3. The molecule has 0 spiro atoms. The third-order valence-electron chi connectivity index (χ3n) is 2.21. The van der Waals surface area contributed by atoms with Gasteiger partial charge in [-0.1, -0.05) is 6.08 Å². The first kappa shape index (κ1) is 11.0. The first-order valence-corrected chi connectivity index (χ1v) is 5.08. The molecule has 0 saturated heterocycles. The molecule has 0 fully saturated rings. The zero-order chi connectivity index (χ0) is 12.1. The SMILES string of the molecule is O=C(/C=C\c1ccncc1)c1cccc[n+]1[O-]. The Kier molecular flexibility index (Phi) is 3.25. The van der Waals surface area contributed by atoms with E-state index in [4.69, 9.17) is 0 Å². The van der Waals surface area contributed by atoms with E-state index in [2.05, 4.69) is 4.98 Å². The fourth-order valence-corrected chi connectivity index (χ4v) is 1.35. The van der Waals surface area contributed by atoms with E-state index >= 15 is 0 Å². The van der Waals surface area contributed by atoms with Gasteiger partial charge in [-0.3, -0.25) is 9.78 Å². The maximum Gasteiger partial charge on any atom is 0.264 e. The topological polar surface area (TPSA) is 56.9 Å². The normalized spacial score (nSPS) is 10.6. The lowest BCUT2D eigenvalue weighted by Gasteiger charge is -1.99. The third-order valence-corrected chi connectivity index (χ3v) is 2.21. The summed E-state index contributed by atoms with van der Waals surface area (Å²) in [6, 6.07) is 8.28. The molecule has 2 rings (SSSR count). The number of carbonyl (C=O) groups is 1. The molecule has 2 aromatic rings. The molecular weight excluding hydrogens is 216 g/mol. The van der Waals surface area contributed by atoms with Gasteiger partial charge in [0, 0.05) is 24.5 Å². The Morgan fingerprint density at radius 3 is 2.71 bits per heavy atom. The van der Waals surface area contributed by atoms with Crippen LogP contribution in [-0.2, 0) is 0 Å². The predicted molar refractivity (Wildman–Crippen MR) is 63.0 cm³/mol. The Hall–Kier alpha value is -2.49. The molecule has 2 heterocycles. The second kappa shape index (κ2) is 5.03. The van der Waals surface area contributed by atoms with E-state index in [1.165, 1.54) is 18.3 Å². The highest BCUT2D eigenvalue weighted by Crippen LogP contribution is 2.01. The van der Waals surface area contributed by atoms with Crippen molar-refractivity contribution < 1.29 is 9.52 Å². The molecule has 0 unspecified atom stereocenters. The second-order valence-corrected chi connectivity index (χ2v) is 3.39. The molecule has 84 valence electrons. The Morgan fingerprint density at radius 1 is 1.24 bits per heavy atom. The van der Waals surface area contributed by atoms with Crippen molar-refractivity contribution in [3.05, 3.63) is 71.5 Å². The van der Waals surface area contributed by atoms with Crippen LogP contribution in [0.15, 0.2) is 55.0 Å². The molecule has 0 aromatic carbocycles. The summed E-state index contributed by atoms with van der Waals surface area (Å²) in [7, 11) is 0. The molecule has 17 heavy (non-hydrogen) atoms. The van der Waals surface area contributed by atoms with Crippen LogP contribution in [0, 0.1) is 5.21 Å². The van der Waals surface area contributed by atoms with E-state index in [-0.39, 0.29) is 11.5 Å². The van der Waals surface area contributed by atoms with Gasteiger partial charge in [0.1, 0.15) is 0 Å². The van der Waals surface area contributed by atoms with Crippen molar-refractivity contribution in [2.45, 2.75) is 0 Å². The number of aromatic nitrogens is 2. The van der Waals surface area contributed by atoms with Crippen LogP contribution < -0.4 is 4.73 Å². The van der Waals surface area contributed by atoms with Gasteiger partial charge in [-0.2, -0.15) is 4.73 Å². The first-order valence-electron chi connectivity index (χ1n) is 5.08. The quantitative estimate of drug-likeness (QED) is 0.346. The maximum atomic E-state index is 11.7. The van der Waals surface area contributed by atoms with Crippen LogP contribution in [-0.4, -0.2) is 10.8 Å². The molecular formula is C13H10N2O2.